The van der Waals surface area contributed by atoms with E-state index in [9.17, 15) is 5.11 Å². The van der Waals surface area contributed by atoms with Gasteiger partial charge in [0.05, 0.1) is 17.6 Å². The Bertz CT molecular complexity index is 1080. The zero-order chi connectivity index (χ0) is 22.1. The smallest absolute Gasteiger partial charge is 0.181 e. The fourth-order valence-electron chi connectivity index (χ4n) is 5.45. The summed E-state index contributed by atoms with van der Waals surface area (Å²) in [6, 6.07) is 10.1. The van der Waals surface area contributed by atoms with Crippen molar-refractivity contribution >= 4 is 17.2 Å². The number of para-hydroxylation sites is 1. The number of aromatic nitrogens is 3. The molecule has 2 aliphatic rings. The Kier molecular flexibility index (Phi) is 5.91. The van der Waals surface area contributed by atoms with Gasteiger partial charge in [-0.15, -0.1) is 0 Å². The van der Waals surface area contributed by atoms with Gasteiger partial charge in [-0.05, 0) is 62.6 Å². The van der Waals surface area contributed by atoms with E-state index >= 15 is 0 Å². The molecule has 0 radical (unpaired) electrons. The third kappa shape index (κ3) is 4.13. The first kappa shape index (κ1) is 21.1. The van der Waals surface area contributed by atoms with Crippen LogP contribution in [0.25, 0.3) is 16.9 Å². The van der Waals surface area contributed by atoms with Gasteiger partial charge in [0.2, 0.25) is 0 Å². The van der Waals surface area contributed by atoms with Crippen LogP contribution in [-0.2, 0) is 0 Å². The lowest BCUT2D eigenvalue weighted by molar-refractivity contribution is 0.127. The van der Waals surface area contributed by atoms with Gasteiger partial charge in [0.1, 0.15) is 11.6 Å². The zero-order valence-electron chi connectivity index (χ0n) is 19.1. The van der Waals surface area contributed by atoms with Gasteiger partial charge in [0.25, 0.3) is 0 Å². The van der Waals surface area contributed by atoms with Crippen molar-refractivity contribution in [1.82, 2.24) is 19.5 Å². The molecule has 1 aliphatic carbocycles. The molecule has 7 nitrogen and oxygen atoms in total. The number of phenols is 1. The van der Waals surface area contributed by atoms with Crippen LogP contribution in [0.4, 0.5) is 11.5 Å². The highest BCUT2D eigenvalue weighted by molar-refractivity contribution is 5.76. The minimum Gasteiger partial charge on any atom is -0.507 e. The second-order valence-corrected chi connectivity index (χ2v) is 9.54. The molecule has 3 N–H and O–H groups in total. The Labute approximate surface area is 189 Å². The summed E-state index contributed by atoms with van der Waals surface area (Å²) in [4.78, 5) is 7.53. The largest absolute Gasteiger partial charge is 0.507 e. The van der Waals surface area contributed by atoms with Crippen LogP contribution in [0.2, 0.25) is 0 Å². The van der Waals surface area contributed by atoms with Crippen molar-refractivity contribution < 1.29 is 5.11 Å². The van der Waals surface area contributed by atoms with E-state index < -0.39 is 0 Å². The monoisotopic (exact) mass is 434 g/mol. The molecule has 0 bridgehead atoms. The number of benzene rings is 1. The number of phenolic OH excluding ortho intramolecular Hbond substituents is 1. The summed E-state index contributed by atoms with van der Waals surface area (Å²) in [5.74, 6) is 2.63. The molecule has 32 heavy (non-hydrogen) atoms. The minimum atomic E-state index is 0.231. The lowest BCUT2D eigenvalue weighted by atomic mass is 9.96. The minimum absolute atomic E-state index is 0.231. The Morgan fingerprint density at radius 1 is 1.19 bits per heavy atom. The van der Waals surface area contributed by atoms with Crippen molar-refractivity contribution in [3.05, 3.63) is 36.5 Å². The van der Waals surface area contributed by atoms with E-state index in [1.165, 1.54) is 45.2 Å². The van der Waals surface area contributed by atoms with Crippen molar-refractivity contribution in [3.63, 3.8) is 0 Å². The van der Waals surface area contributed by atoms with E-state index in [0.717, 1.165) is 46.9 Å². The summed E-state index contributed by atoms with van der Waals surface area (Å²) >= 11 is 0. The van der Waals surface area contributed by atoms with Crippen LogP contribution >= 0.6 is 0 Å². The second kappa shape index (κ2) is 8.98. The Morgan fingerprint density at radius 3 is 2.84 bits per heavy atom. The number of fused-ring (bicyclic) bond motifs is 1. The molecule has 170 valence electrons. The van der Waals surface area contributed by atoms with Crippen molar-refractivity contribution in [2.75, 3.05) is 37.3 Å². The van der Waals surface area contributed by atoms with E-state index in [0.29, 0.717) is 5.92 Å². The van der Waals surface area contributed by atoms with E-state index in [-0.39, 0.29) is 5.75 Å². The summed E-state index contributed by atoms with van der Waals surface area (Å²) in [5.41, 5.74) is 3.08. The molecule has 1 aromatic carbocycles. The fraction of sp³-hybridized carbons (Fsp3) is 0.520. The molecule has 3 aromatic rings. The maximum absolute atomic E-state index is 10.4. The highest BCUT2D eigenvalue weighted by atomic mass is 16.3. The van der Waals surface area contributed by atoms with Gasteiger partial charge in [0, 0.05) is 37.8 Å². The quantitative estimate of drug-likeness (QED) is 0.532. The van der Waals surface area contributed by atoms with Gasteiger partial charge in [-0.25, -0.2) is 4.98 Å². The van der Waals surface area contributed by atoms with Crippen LogP contribution in [0.5, 0.6) is 5.75 Å². The molecule has 1 saturated heterocycles. The second-order valence-electron chi connectivity index (χ2n) is 9.54. The number of anilines is 2. The standard InChI is InChI=1S/C25H34N6O/c1-17-9-10-19(12-17)30-11-5-6-18(16-30)14-27-24-13-21(20-7-3-4-8-23(20)32)29-25-22(26-2)15-28-31(24)25/h3-4,7-8,13,15,17-19,26-27,32H,5-6,9-12,14,16H2,1-2H3. The number of nitrogens with one attached hydrogen (secondary N) is 2. The third-order valence-corrected chi connectivity index (χ3v) is 7.23. The van der Waals surface area contributed by atoms with Crippen molar-refractivity contribution in [3.8, 4) is 17.0 Å². The highest BCUT2D eigenvalue weighted by Crippen LogP contribution is 2.33. The molecule has 5 rings (SSSR count). The summed E-state index contributed by atoms with van der Waals surface area (Å²) < 4.78 is 1.86. The first-order valence-corrected chi connectivity index (χ1v) is 11.9. The molecule has 2 aromatic heterocycles. The van der Waals surface area contributed by atoms with Crippen LogP contribution < -0.4 is 10.6 Å². The van der Waals surface area contributed by atoms with Gasteiger partial charge in [-0.1, -0.05) is 19.1 Å². The maximum atomic E-state index is 10.4. The molecule has 0 amide bonds. The number of piperidine rings is 1. The van der Waals surface area contributed by atoms with E-state index in [1.807, 2.05) is 35.8 Å². The highest BCUT2D eigenvalue weighted by Gasteiger charge is 2.30. The lowest BCUT2D eigenvalue weighted by Gasteiger charge is -2.37. The van der Waals surface area contributed by atoms with Gasteiger partial charge in [-0.3, -0.25) is 0 Å². The maximum Gasteiger partial charge on any atom is 0.181 e. The van der Waals surface area contributed by atoms with Crippen molar-refractivity contribution in [1.29, 1.82) is 0 Å². The predicted molar refractivity (Wildman–Crippen MR) is 129 cm³/mol. The number of aromatic hydroxyl groups is 1. The van der Waals surface area contributed by atoms with Crippen LogP contribution in [-0.4, -0.2) is 57.3 Å². The SMILES string of the molecule is CNc1cnn2c(NCC3CCCN(C4CCC(C)C4)C3)cc(-c3ccccc3O)nc12. The van der Waals surface area contributed by atoms with Crippen molar-refractivity contribution in [2.24, 2.45) is 11.8 Å². The molecule has 1 aliphatic heterocycles. The number of hydrogen-bond donors (Lipinski definition) is 3. The van der Waals surface area contributed by atoms with Crippen LogP contribution in [0.15, 0.2) is 36.5 Å². The van der Waals surface area contributed by atoms with Crippen LogP contribution in [0.3, 0.4) is 0 Å². The molecule has 3 heterocycles. The molecular weight excluding hydrogens is 400 g/mol. The van der Waals surface area contributed by atoms with Gasteiger partial charge >= 0.3 is 0 Å². The molecule has 3 atom stereocenters. The average molecular weight is 435 g/mol. The number of rotatable bonds is 6. The van der Waals surface area contributed by atoms with E-state index in [1.54, 1.807) is 12.3 Å². The topological polar surface area (TPSA) is 77.7 Å². The van der Waals surface area contributed by atoms with E-state index in [4.69, 9.17) is 4.98 Å². The molecule has 1 saturated carbocycles. The van der Waals surface area contributed by atoms with Crippen molar-refractivity contribution in [2.45, 2.75) is 45.1 Å². The first-order valence-electron chi connectivity index (χ1n) is 11.9. The molecule has 3 unspecified atom stereocenters. The summed E-state index contributed by atoms with van der Waals surface area (Å²) in [6.07, 6.45) is 8.42. The van der Waals surface area contributed by atoms with Crippen LogP contribution in [0.1, 0.15) is 39.0 Å². The number of nitrogens with zero attached hydrogens (tertiary/aromatic N) is 4. The molecule has 0 spiro atoms. The van der Waals surface area contributed by atoms with E-state index in [2.05, 4.69) is 27.6 Å². The third-order valence-electron chi connectivity index (χ3n) is 7.23. The Balaban J connectivity index is 1.37. The zero-order valence-corrected chi connectivity index (χ0v) is 19.1. The van der Waals surface area contributed by atoms with Crippen LogP contribution in [0, 0.1) is 11.8 Å². The number of likely N-dealkylation sites (tertiary alicyclic amines) is 1. The normalized spacial score (nSPS) is 24.1. The summed E-state index contributed by atoms with van der Waals surface area (Å²) in [6.45, 7) is 5.72. The number of hydrogen-bond acceptors (Lipinski definition) is 6. The fourth-order valence-corrected chi connectivity index (χ4v) is 5.45. The Hall–Kier alpha value is -2.80. The van der Waals surface area contributed by atoms with Gasteiger partial charge < -0.3 is 20.6 Å². The molecule has 2 fully saturated rings. The summed E-state index contributed by atoms with van der Waals surface area (Å²) in [5, 5.41) is 21.8. The summed E-state index contributed by atoms with van der Waals surface area (Å²) in [7, 11) is 1.87. The average Bonchev–Trinajstić information content (AvgIpc) is 3.44. The molecule has 7 heteroatoms. The first-order chi connectivity index (χ1) is 15.6. The predicted octanol–water partition coefficient (Wildman–Crippen LogP) is 4.46. The van der Waals surface area contributed by atoms with Gasteiger partial charge in [-0.2, -0.15) is 9.61 Å². The lowest BCUT2D eigenvalue weighted by Crippen LogP contribution is -2.43. The Morgan fingerprint density at radius 2 is 2.06 bits per heavy atom. The molecular formula is C25H34N6O. The van der Waals surface area contributed by atoms with Gasteiger partial charge in [0.15, 0.2) is 5.65 Å².